The van der Waals surface area contributed by atoms with Crippen molar-refractivity contribution in [1.29, 1.82) is 0 Å². The number of carbonyl (C=O) groups is 1. The molecule has 0 atom stereocenters. The van der Waals surface area contributed by atoms with E-state index in [9.17, 15) is 4.79 Å². The molecule has 4 heteroatoms. The van der Waals surface area contributed by atoms with Gasteiger partial charge < -0.3 is 15.1 Å². The van der Waals surface area contributed by atoms with Gasteiger partial charge in [-0.1, -0.05) is 37.5 Å². The number of hydrogen-bond acceptors (Lipinski definition) is 2. The van der Waals surface area contributed by atoms with Gasteiger partial charge in [0, 0.05) is 38.4 Å². The Labute approximate surface area is 139 Å². The Bertz CT molecular complexity index is 519. The first-order valence-corrected chi connectivity index (χ1v) is 9.08. The van der Waals surface area contributed by atoms with Gasteiger partial charge in [0.2, 0.25) is 0 Å². The van der Waals surface area contributed by atoms with Crippen LogP contribution < -0.4 is 10.2 Å². The van der Waals surface area contributed by atoms with E-state index in [1.165, 1.54) is 43.4 Å². The summed E-state index contributed by atoms with van der Waals surface area (Å²) < 4.78 is 0. The number of hydrogen-bond donors (Lipinski definition) is 1. The summed E-state index contributed by atoms with van der Waals surface area (Å²) in [5, 5.41) is 3.20. The molecule has 1 heterocycles. The van der Waals surface area contributed by atoms with Gasteiger partial charge in [-0.3, -0.25) is 0 Å². The molecule has 1 N–H and O–H groups in total. The van der Waals surface area contributed by atoms with Crippen molar-refractivity contribution in [3.05, 3.63) is 29.8 Å². The van der Waals surface area contributed by atoms with Crippen LogP contribution in [0.3, 0.4) is 0 Å². The molecule has 0 unspecified atom stereocenters. The van der Waals surface area contributed by atoms with Gasteiger partial charge in [0.15, 0.2) is 0 Å². The molecule has 0 bridgehead atoms. The summed E-state index contributed by atoms with van der Waals surface area (Å²) in [4.78, 5) is 16.7. The topological polar surface area (TPSA) is 35.6 Å². The third kappa shape index (κ3) is 4.18. The van der Waals surface area contributed by atoms with Crippen LogP contribution in [0.25, 0.3) is 0 Å². The van der Waals surface area contributed by atoms with Crippen molar-refractivity contribution in [1.82, 2.24) is 10.2 Å². The zero-order valence-corrected chi connectivity index (χ0v) is 14.3. The quantitative estimate of drug-likeness (QED) is 0.918. The highest BCUT2D eigenvalue weighted by Gasteiger charge is 2.20. The number of amides is 2. The summed E-state index contributed by atoms with van der Waals surface area (Å²) >= 11 is 0. The Morgan fingerprint density at radius 3 is 2.57 bits per heavy atom. The monoisotopic (exact) mass is 315 g/mol. The summed E-state index contributed by atoms with van der Waals surface area (Å²) in [6, 6.07) is 8.94. The summed E-state index contributed by atoms with van der Waals surface area (Å²) in [7, 11) is 1.90. The average Bonchev–Trinajstić information content (AvgIpc) is 3.10. The molecule has 1 saturated heterocycles. The van der Waals surface area contributed by atoms with Crippen LogP contribution in [0.15, 0.2) is 24.3 Å². The highest BCUT2D eigenvalue weighted by molar-refractivity contribution is 5.74. The van der Waals surface area contributed by atoms with E-state index >= 15 is 0 Å². The molecular weight excluding hydrogens is 286 g/mol. The van der Waals surface area contributed by atoms with Crippen LogP contribution in [0, 0.1) is 0 Å². The molecule has 1 aromatic carbocycles. The Morgan fingerprint density at radius 1 is 1.13 bits per heavy atom. The van der Waals surface area contributed by atoms with E-state index < -0.39 is 0 Å². The second-order valence-electron chi connectivity index (χ2n) is 6.96. The van der Waals surface area contributed by atoms with Crippen molar-refractivity contribution >= 4 is 11.7 Å². The van der Waals surface area contributed by atoms with E-state index in [1.54, 1.807) is 0 Å². The predicted molar refractivity (Wildman–Crippen MR) is 94.8 cm³/mol. The Balaban J connectivity index is 1.60. The number of nitrogens with one attached hydrogen (secondary N) is 1. The number of anilines is 1. The molecule has 2 fully saturated rings. The minimum atomic E-state index is 0.0631. The maximum atomic E-state index is 12.4. The number of benzene rings is 1. The molecule has 0 aromatic heterocycles. The van der Waals surface area contributed by atoms with Crippen LogP contribution >= 0.6 is 0 Å². The highest BCUT2D eigenvalue weighted by atomic mass is 16.2. The molecule has 126 valence electrons. The van der Waals surface area contributed by atoms with Crippen molar-refractivity contribution < 1.29 is 4.79 Å². The molecular formula is C19H29N3O. The molecule has 2 amide bonds. The zero-order chi connectivity index (χ0) is 16.1. The van der Waals surface area contributed by atoms with Crippen molar-refractivity contribution in [3.8, 4) is 0 Å². The van der Waals surface area contributed by atoms with Crippen molar-refractivity contribution in [2.45, 2.75) is 57.5 Å². The van der Waals surface area contributed by atoms with Crippen LogP contribution in [0.4, 0.5) is 10.5 Å². The number of urea groups is 1. The number of rotatable bonds is 4. The van der Waals surface area contributed by atoms with E-state index in [0.717, 1.165) is 25.9 Å². The standard InChI is InChI=1S/C19H29N3O/c1-21(19(23)20-17-10-3-2-4-11-17)15-16-9-5-6-12-18(16)22-13-7-8-14-22/h5-6,9,12,17H,2-4,7-8,10-11,13-15H2,1H3,(H,20,23). The first kappa shape index (κ1) is 16.2. The zero-order valence-electron chi connectivity index (χ0n) is 14.3. The maximum absolute atomic E-state index is 12.4. The average molecular weight is 315 g/mol. The first-order chi connectivity index (χ1) is 11.2. The second-order valence-corrected chi connectivity index (χ2v) is 6.96. The van der Waals surface area contributed by atoms with Gasteiger partial charge >= 0.3 is 6.03 Å². The van der Waals surface area contributed by atoms with Gasteiger partial charge in [-0.25, -0.2) is 4.79 Å². The Hall–Kier alpha value is -1.71. The lowest BCUT2D eigenvalue weighted by molar-refractivity contribution is 0.198. The molecule has 0 spiro atoms. The van der Waals surface area contributed by atoms with Gasteiger partial charge in [0.1, 0.15) is 0 Å². The second kappa shape index (κ2) is 7.71. The van der Waals surface area contributed by atoms with Crippen molar-refractivity contribution in [2.75, 3.05) is 25.0 Å². The first-order valence-electron chi connectivity index (χ1n) is 9.08. The molecule has 1 aliphatic heterocycles. The van der Waals surface area contributed by atoms with Crippen molar-refractivity contribution in [2.24, 2.45) is 0 Å². The van der Waals surface area contributed by atoms with Crippen molar-refractivity contribution in [3.63, 3.8) is 0 Å². The van der Waals surface area contributed by atoms with Crippen LogP contribution in [-0.4, -0.2) is 37.1 Å². The van der Waals surface area contributed by atoms with E-state index in [2.05, 4.69) is 34.5 Å². The fraction of sp³-hybridized carbons (Fsp3) is 0.632. The SMILES string of the molecule is CN(Cc1ccccc1N1CCCC1)C(=O)NC1CCCCC1. The summed E-state index contributed by atoms with van der Waals surface area (Å²) in [6.45, 7) is 2.94. The third-order valence-corrected chi connectivity index (χ3v) is 5.13. The largest absolute Gasteiger partial charge is 0.371 e. The van der Waals surface area contributed by atoms with Crippen LogP contribution in [-0.2, 0) is 6.54 Å². The van der Waals surface area contributed by atoms with E-state index in [4.69, 9.17) is 0 Å². The maximum Gasteiger partial charge on any atom is 0.317 e. The molecule has 1 aromatic rings. The number of para-hydroxylation sites is 1. The van der Waals surface area contributed by atoms with Crippen LogP contribution in [0.1, 0.15) is 50.5 Å². The molecule has 4 nitrogen and oxygen atoms in total. The minimum Gasteiger partial charge on any atom is -0.371 e. The molecule has 0 radical (unpaired) electrons. The van der Waals surface area contributed by atoms with Gasteiger partial charge in [-0.2, -0.15) is 0 Å². The fourth-order valence-electron chi connectivity index (χ4n) is 3.77. The summed E-state index contributed by atoms with van der Waals surface area (Å²) in [5.41, 5.74) is 2.54. The number of nitrogens with zero attached hydrogens (tertiary/aromatic N) is 2. The lowest BCUT2D eigenvalue weighted by atomic mass is 9.96. The predicted octanol–water partition coefficient (Wildman–Crippen LogP) is 3.76. The molecule has 1 saturated carbocycles. The fourth-order valence-corrected chi connectivity index (χ4v) is 3.77. The Kier molecular flexibility index (Phi) is 5.42. The van der Waals surface area contributed by atoms with E-state index in [0.29, 0.717) is 12.6 Å². The van der Waals surface area contributed by atoms with E-state index in [1.807, 2.05) is 11.9 Å². The summed E-state index contributed by atoms with van der Waals surface area (Å²) in [5.74, 6) is 0. The summed E-state index contributed by atoms with van der Waals surface area (Å²) in [6.07, 6.45) is 8.59. The molecule has 2 aliphatic rings. The van der Waals surface area contributed by atoms with E-state index in [-0.39, 0.29) is 6.03 Å². The minimum absolute atomic E-state index is 0.0631. The molecule has 1 aliphatic carbocycles. The van der Waals surface area contributed by atoms with Gasteiger partial charge in [-0.15, -0.1) is 0 Å². The van der Waals surface area contributed by atoms with Crippen LogP contribution in [0.2, 0.25) is 0 Å². The van der Waals surface area contributed by atoms with Gasteiger partial charge in [-0.05, 0) is 37.3 Å². The lowest BCUT2D eigenvalue weighted by Crippen LogP contribution is -2.43. The van der Waals surface area contributed by atoms with Gasteiger partial charge in [0.25, 0.3) is 0 Å². The van der Waals surface area contributed by atoms with Gasteiger partial charge in [0.05, 0.1) is 0 Å². The number of carbonyl (C=O) groups excluding carboxylic acids is 1. The lowest BCUT2D eigenvalue weighted by Gasteiger charge is -2.28. The third-order valence-electron chi connectivity index (χ3n) is 5.13. The smallest absolute Gasteiger partial charge is 0.317 e. The normalized spacial score (nSPS) is 18.9. The molecule has 3 rings (SSSR count). The van der Waals surface area contributed by atoms with Crippen LogP contribution in [0.5, 0.6) is 0 Å². The molecule has 23 heavy (non-hydrogen) atoms. The highest BCUT2D eigenvalue weighted by Crippen LogP contribution is 2.25. The Morgan fingerprint density at radius 2 is 1.83 bits per heavy atom.